The number of anilines is 1. The molecule has 220 valence electrons. The minimum atomic E-state index is -0.347. The van der Waals surface area contributed by atoms with Crippen molar-refractivity contribution in [3.05, 3.63) is 131 Å². The van der Waals surface area contributed by atoms with E-state index in [4.69, 9.17) is 17.0 Å². The van der Waals surface area contributed by atoms with Gasteiger partial charge in [0, 0.05) is 31.7 Å². The van der Waals surface area contributed by atoms with Crippen molar-refractivity contribution in [1.82, 2.24) is 15.1 Å². The summed E-state index contributed by atoms with van der Waals surface area (Å²) < 4.78 is 5.64. The predicted octanol–water partition coefficient (Wildman–Crippen LogP) is 6.15. The molecule has 4 aromatic carbocycles. The molecule has 0 saturated carbocycles. The maximum Gasteiger partial charge on any atom is 0.257 e. The third-order valence-electron chi connectivity index (χ3n) is 7.32. The summed E-state index contributed by atoms with van der Waals surface area (Å²) >= 11 is 5.44. The Morgan fingerprint density at radius 1 is 0.744 bits per heavy atom. The Labute approximate surface area is 258 Å². The molecular formula is C35H36N4O3S. The van der Waals surface area contributed by atoms with Gasteiger partial charge < -0.3 is 15.0 Å². The first kappa shape index (κ1) is 29.9. The van der Waals surface area contributed by atoms with Crippen molar-refractivity contribution < 1.29 is 14.3 Å². The lowest BCUT2D eigenvalue weighted by Crippen LogP contribution is -2.50. The van der Waals surface area contributed by atoms with Crippen molar-refractivity contribution in [2.24, 2.45) is 0 Å². The summed E-state index contributed by atoms with van der Waals surface area (Å²) in [6, 6.07) is 35.2. The van der Waals surface area contributed by atoms with E-state index >= 15 is 0 Å². The lowest BCUT2D eigenvalue weighted by molar-refractivity contribution is 0.0598. The topological polar surface area (TPSA) is 73.9 Å². The number of carbonyl (C=O) groups excluding carboxylic acids is 2. The van der Waals surface area contributed by atoms with Crippen LogP contribution in [-0.4, -0.2) is 59.0 Å². The molecule has 8 heteroatoms. The van der Waals surface area contributed by atoms with E-state index in [0.29, 0.717) is 35.7 Å². The molecule has 43 heavy (non-hydrogen) atoms. The van der Waals surface area contributed by atoms with Gasteiger partial charge in [-0.1, -0.05) is 72.8 Å². The predicted molar refractivity (Wildman–Crippen MR) is 175 cm³/mol. The normalized spacial score (nSPS) is 13.5. The lowest BCUT2D eigenvalue weighted by atomic mass is 9.96. The number of nitrogens with one attached hydrogen (secondary N) is 2. The number of nitrogens with zero attached hydrogens (tertiary/aromatic N) is 2. The number of thiocarbonyl (C=S) groups is 1. The van der Waals surface area contributed by atoms with E-state index in [2.05, 4.69) is 64.1 Å². The van der Waals surface area contributed by atoms with Crippen LogP contribution in [-0.2, 0) is 0 Å². The lowest BCUT2D eigenvalue weighted by Gasteiger charge is -2.40. The first-order valence-corrected chi connectivity index (χ1v) is 14.9. The molecule has 1 aliphatic heterocycles. The number of ether oxygens (including phenoxy) is 1. The van der Waals surface area contributed by atoms with Crippen molar-refractivity contribution in [3.8, 4) is 5.75 Å². The quantitative estimate of drug-likeness (QED) is 0.239. The number of hydrogen-bond donors (Lipinski definition) is 2. The van der Waals surface area contributed by atoms with Gasteiger partial charge in [-0.25, -0.2) is 0 Å². The number of piperazine rings is 1. The molecule has 1 saturated heterocycles. The summed E-state index contributed by atoms with van der Waals surface area (Å²) in [6.45, 7) is 6.57. The van der Waals surface area contributed by atoms with Gasteiger partial charge in [0.05, 0.1) is 23.4 Å². The summed E-state index contributed by atoms with van der Waals surface area (Å²) in [6.07, 6.45) is 0.0450. The number of amides is 2. The Kier molecular flexibility index (Phi) is 9.81. The fourth-order valence-electron chi connectivity index (χ4n) is 5.30. The highest BCUT2D eigenvalue weighted by Crippen LogP contribution is 2.30. The zero-order valence-corrected chi connectivity index (χ0v) is 25.2. The Hall–Kier alpha value is -4.53. The van der Waals surface area contributed by atoms with Crippen LogP contribution in [0.4, 0.5) is 5.69 Å². The van der Waals surface area contributed by atoms with Gasteiger partial charge in [0.2, 0.25) is 0 Å². The van der Waals surface area contributed by atoms with Crippen LogP contribution < -0.4 is 15.4 Å². The third kappa shape index (κ3) is 7.66. The highest BCUT2D eigenvalue weighted by molar-refractivity contribution is 7.80. The van der Waals surface area contributed by atoms with Crippen LogP contribution >= 0.6 is 12.2 Å². The zero-order chi connectivity index (χ0) is 30.2. The number of carbonyl (C=O) groups is 2. The highest BCUT2D eigenvalue weighted by Gasteiger charge is 2.29. The standard InChI is InChI=1S/C35H36N4O3S/c1-25(2)42-29-19-17-28(18-20-29)33(40)37-35(43)36-31-16-10-9-15-30(31)34(41)39-23-21-38(22-24-39)32(26-11-5-3-6-12-26)27-13-7-4-8-14-27/h3-20,25,32H,21-24H2,1-2H3,(H2,36,37,40,43). The largest absolute Gasteiger partial charge is 0.491 e. The third-order valence-corrected chi connectivity index (χ3v) is 7.52. The van der Waals surface area contributed by atoms with E-state index in [1.165, 1.54) is 11.1 Å². The summed E-state index contributed by atoms with van der Waals surface area (Å²) in [7, 11) is 0. The fraction of sp³-hybridized carbons (Fsp3) is 0.229. The number of hydrogen-bond acceptors (Lipinski definition) is 5. The van der Waals surface area contributed by atoms with Gasteiger partial charge in [0.15, 0.2) is 5.11 Å². The molecule has 2 amide bonds. The van der Waals surface area contributed by atoms with Crippen LogP contribution in [0.3, 0.4) is 0 Å². The van der Waals surface area contributed by atoms with E-state index in [1.54, 1.807) is 36.4 Å². The molecule has 1 heterocycles. The average Bonchev–Trinajstić information content (AvgIpc) is 3.02. The molecule has 0 unspecified atom stereocenters. The van der Waals surface area contributed by atoms with E-state index < -0.39 is 0 Å². The molecule has 0 radical (unpaired) electrons. The number of benzene rings is 4. The van der Waals surface area contributed by atoms with Crippen LogP contribution in [0.15, 0.2) is 109 Å². The van der Waals surface area contributed by atoms with Crippen LogP contribution in [0, 0.1) is 0 Å². The summed E-state index contributed by atoms with van der Waals surface area (Å²) in [4.78, 5) is 30.8. The first-order valence-electron chi connectivity index (χ1n) is 14.5. The Balaban J connectivity index is 1.22. The Bertz CT molecular complexity index is 1500. The molecular weight excluding hydrogens is 556 g/mol. The van der Waals surface area contributed by atoms with E-state index in [1.807, 2.05) is 43.0 Å². The van der Waals surface area contributed by atoms with Gasteiger partial charge in [0.25, 0.3) is 11.8 Å². The molecule has 5 rings (SSSR count). The minimum Gasteiger partial charge on any atom is -0.491 e. The van der Waals surface area contributed by atoms with Gasteiger partial charge in [-0.2, -0.15) is 0 Å². The average molecular weight is 593 g/mol. The van der Waals surface area contributed by atoms with Crippen molar-refractivity contribution >= 4 is 34.8 Å². The SMILES string of the molecule is CC(C)Oc1ccc(C(=O)NC(=S)Nc2ccccc2C(=O)N2CCN(C(c3ccccc3)c3ccccc3)CC2)cc1. The Morgan fingerprint density at radius 2 is 1.30 bits per heavy atom. The Morgan fingerprint density at radius 3 is 1.88 bits per heavy atom. The zero-order valence-electron chi connectivity index (χ0n) is 24.4. The molecule has 0 spiro atoms. The van der Waals surface area contributed by atoms with Crippen LogP contribution in [0.2, 0.25) is 0 Å². The van der Waals surface area contributed by atoms with E-state index in [0.717, 1.165) is 13.1 Å². The van der Waals surface area contributed by atoms with Crippen LogP contribution in [0.1, 0.15) is 51.7 Å². The smallest absolute Gasteiger partial charge is 0.257 e. The maximum absolute atomic E-state index is 13.7. The number of rotatable bonds is 8. The first-order chi connectivity index (χ1) is 20.9. The van der Waals surface area contributed by atoms with Gasteiger partial charge in [-0.3, -0.25) is 19.8 Å². The van der Waals surface area contributed by atoms with Crippen LogP contribution in [0.25, 0.3) is 0 Å². The summed E-state index contributed by atoms with van der Waals surface area (Å²) in [5.74, 6) is 0.268. The van der Waals surface area contributed by atoms with Gasteiger partial charge in [0.1, 0.15) is 5.75 Å². The second kappa shape index (κ2) is 14.1. The minimum absolute atomic E-state index is 0.0450. The molecule has 1 aliphatic rings. The molecule has 0 bridgehead atoms. The molecule has 1 fully saturated rings. The van der Waals surface area contributed by atoms with Crippen molar-refractivity contribution in [3.63, 3.8) is 0 Å². The molecule has 7 nitrogen and oxygen atoms in total. The van der Waals surface area contributed by atoms with Gasteiger partial charge in [-0.05, 0) is 73.6 Å². The number of para-hydroxylation sites is 1. The summed E-state index contributed by atoms with van der Waals surface area (Å²) in [5, 5.41) is 5.88. The van der Waals surface area contributed by atoms with Crippen molar-refractivity contribution in [1.29, 1.82) is 0 Å². The monoisotopic (exact) mass is 592 g/mol. The maximum atomic E-state index is 13.7. The second-order valence-corrected chi connectivity index (χ2v) is 11.1. The van der Waals surface area contributed by atoms with Crippen molar-refractivity contribution in [2.45, 2.75) is 26.0 Å². The van der Waals surface area contributed by atoms with Crippen molar-refractivity contribution in [2.75, 3.05) is 31.5 Å². The molecule has 0 aromatic heterocycles. The highest BCUT2D eigenvalue weighted by atomic mass is 32.1. The molecule has 0 atom stereocenters. The molecule has 4 aromatic rings. The second-order valence-electron chi connectivity index (χ2n) is 10.7. The molecule has 2 N–H and O–H groups in total. The van der Waals surface area contributed by atoms with Gasteiger partial charge in [-0.15, -0.1) is 0 Å². The molecule has 0 aliphatic carbocycles. The van der Waals surface area contributed by atoms with Gasteiger partial charge >= 0.3 is 0 Å². The van der Waals surface area contributed by atoms with E-state index in [9.17, 15) is 9.59 Å². The fourth-order valence-corrected chi connectivity index (χ4v) is 5.51. The summed E-state index contributed by atoms with van der Waals surface area (Å²) in [5.41, 5.74) is 3.97. The van der Waals surface area contributed by atoms with Crippen LogP contribution in [0.5, 0.6) is 5.75 Å². The van der Waals surface area contributed by atoms with E-state index in [-0.39, 0.29) is 29.1 Å².